The fraction of sp³-hybridized carbons (Fsp3) is 0.211. The van der Waals surface area contributed by atoms with Gasteiger partial charge in [-0.3, -0.25) is 4.79 Å². The quantitative estimate of drug-likeness (QED) is 0.673. The van der Waals surface area contributed by atoms with E-state index in [0.29, 0.717) is 35.2 Å². The van der Waals surface area contributed by atoms with Crippen LogP contribution in [0.15, 0.2) is 53.3 Å². The molecular weight excluding hydrogens is 379 g/mol. The van der Waals surface area contributed by atoms with E-state index in [1.807, 2.05) is 0 Å². The topological polar surface area (TPSA) is 116 Å². The lowest BCUT2D eigenvalue weighted by atomic mass is 9.98. The number of likely N-dealkylation sites (tertiary alicyclic amines) is 1. The van der Waals surface area contributed by atoms with Crippen molar-refractivity contribution < 1.29 is 14.0 Å². The maximum atomic E-state index is 13.5. The standard InChI is InChI=1S/C19H17FN6O3/c20-12-5-3-6-13(11-12)25-19(29)26(23-22-25)18(28)24-10-4-9-16(24)14-7-1-2-8-15(14)17(21)27/h1-3,5-8,11,16H,4,9-10H2,(H2,21,27)/t16-/m0/s1. The Kier molecular flexibility index (Phi) is 4.67. The van der Waals surface area contributed by atoms with Crippen LogP contribution < -0.4 is 11.4 Å². The number of halogens is 1. The number of primary amides is 1. The first kappa shape index (κ1) is 18.5. The van der Waals surface area contributed by atoms with Crippen LogP contribution in [0.4, 0.5) is 9.18 Å². The molecule has 148 valence electrons. The summed E-state index contributed by atoms with van der Waals surface area (Å²) >= 11 is 0. The SMILES string of the molecule is NC(=O)c1ccccc1[C@@H]1CCCN1C(=O)n1nnn(-c2cccc(F)c2)c1=O. The monoisotopic (exact) mass is 396 g/mol. The number of nitrogens with zero attached hydrogens (tertiary/aromatic N) is 5. The van der Waals surface area contributed by atoms with Crippen molar-refractivity contribution >= 4 is 11.9 Å². The smallest absolute Gasteiger partial charge is 0.366 e. The zero-order valence-electron chi connectivity index (χ0n) is 15.2. The number of nitrogens with two attached hydrogens (primary N) is 1. The van der Waals surface area contributed by atoms with Crippen molar-refractivity contribution in [3.05, 3.63) is 76.0 Å². The van der Waals surface area contributed by atoms with Crippen LogP contribution in [0, 0.1) is 5.82 Å². The van der Waals surface area contributed by atoms with Gasteiger partial charge in [-0.15, -0.1) is 4.68 Å². The molecule has 29 heavy (non-hydrogen) atoms. The van der Waals surface area contributed by atoms with Crippen LogP contribution in [0.25, 0.3) is 5.69 Å². The lowest BCUT2D eigenvalue weighted by molar-refractivity contribution is 0.0997. The predicted molar refractivity (Wildman–Crippen MR) is 100 cm³/mol. The summed E-state index contributed by atoms with van der Waals surface area (Å²) in [6.45, 7) is 0.385. The van der Waals surface area contributed by atoms with Crippen molar-refractivity contribution in [2.75, 3.05) is 6.54 Å². The van der Waals surface area contributed by atoms with Gasteiger partial charge in [0.25, 0.3) is 0 Å². The van der Waals surface area contributed by atoms with Crippen LogP contribution in [0.2, 0.25) is 0 Å². The molecular formula is C19H17FN6O3. The Morgan fingerprint density at radius 1 is 1.10 bits per heavy atom. The molecule has 1 fully saturated rings. The Morgan fingerprint density at radius 3 is 2.66 bits per heavy atom. The zero-order chi connectivity index (χ0) is 20.5. The maximum absolute atomic E-state index is 13.5. The van der Waals surface area contributed by atoms with Gasteiger partial charge < -0.3 is 10.6 Å². The van der Waals surface area contributed by atoms with E-state index in [-0.39, 0.29) is 5.69 Å². The van der Waals surface area contributed by atoms with E-state index in [2.05, 4.69) is 10.4 Å². The van der Waals surface area contributed by atoms with Gasteiger partial charge in [-0.1, -0.05) is 24.3 Å². The van der Waals surface area contributed by atoms with Gasteiger partial charge in [-0.05, 0) is 53.1 Å². The van der Waals surface area contributed by atoms with E-state index in [0.717, 1.165) is 10.7 Å². The molecule has 4 rings (SSSR count). The lowest BCUT2D eigenvalue weighted by Gasteiger charge is -2.25. The lowest BCUT2D eigenvalue weighted by Crippen LogP contribution is -2.41. The number of aromatic nitrogens is 4. The van der Waals surface area contributed by atoms with Crippen LogP contribution in [0.1, 0.15) is 34.8 Å². The van der Waals surface area contributed by atoms with Gasteiger partial charge >= 0.3 is 11.7 Å². The molecule has 3 aromatic rings. The Bertz CT molecular complexity index is 1150. The molecule has 2 aromatic carbocycles. The number of tetrazole rings is 1. The fourth-order valence-corrected chi connectivity index (χ4v) is 3.59. The number of carbonyl (C=O) groups is 2. The Hall–Kier alpha value is -3.82. The second-order valence-electron chi connectivity index (χ2n) is 6.65. The number of hydrogen-bond donors (Lipinski definition) is 1. The summed E-state index contributed by atoms with van der Waals surface area (Å²) in [5, 5.41) is 7.36. The average molecular weight is 396 g/mol. The largest absolute Gasteiger partial charge is 0.377 e. The first-order valence-corrected chi connectivity index (χ1v) is 8.98. The predicted octanol–water partition coefficient (Wildman–Crippen LogP) is 1.47. The number of rotatable bonds is 3. The highest BCUT2D eigenvalue weighted by molar-refractivity contribution is 5.94. The summed E-state index contributed by atoms with van der Waals surface area (Å²) in [5.74, 6) is -1.13. The van der Waals surface area contributed by atoms with E-state index in [1.54, 1.807) is 24.3 Å². The average Bonchev–Trinajstić information content (AvgIpc) is 3.34. The van der Waals surface area contributed by atoms with Gasteiger partial charge in [0.2, 0.25) is 5.91 Å². The van der Waals surface area contributed by atoms with Gasteiger partial charge in [0, 0.05) is 12.1 Å². The van der Waals surface area contributed by atoms with Gasteiger partial charge in [0.15, 0.2) is 0 Å². The summed E-state index contributed by atoms with van der Waals surface area (Å²) in [6, 6.07) is 11.0. The molecule has 10 heteroatoms. The minimum Gasteiger partial charge on any atom is -0.366 e. The van der Waals surface area contributed by atoms with Crippen LogP contribution in [-0.4, -0.2) is 43.2 Å². The molecule has 9 nitrogen and oxygen atoms in total. The molecule has 0 radical (unpaired) electrons. The van der Waals surface area contributed by atoms with E-state index < -0.39 is 29.5 Å². The van der Waals surface area contributed by atoms with Gasteiger partial charge in [0.05, 0.1) is 11.7 Å². The molecule has 1 atom stereocenters. The van der Waals surface area contributed by atoms with E-state index in [4.69, 9.17) is 5.73 Å². The maximum Gasteiger partial charge on any atom is 0.377 e. The molecule has 2 heterocycles. The molecule has 2 N–H and O–H groups in total. The van der Waals surface area contributed by atoms with Crippen molar-refractivity contribution in [3.8, 4) is 5.69 Å². The van der Waals surface area contributed by atoms with Crippen molar-refractivity contribution in [2.45, 2.75) is 18.9 Å². The first-order chi connectivity index (χ1) is 14.0. The third kappa shape index (κ3) is 3.28. The summed E-state index contributed by atoms with van der Waals surface area (Å²) in [5.41, 5.74) is 5.76. The molecule has 0 aliphatic carbocycles. The molecule has 0 bridgehead atoms. The first-order valence-electron chi connectivity index (χ1n) is 8.98. The summed E-state index contributed by atoms with van der Waals surface area (Å²) in [4.78, 5) is 38.9. The van der Waals surface area contributed by atoms with Crippen LogP contribution >= 0.6 is 0 Å². The van der Waals surface area contributed by atoms with Gasteiger partial charge in [-0.25, -0.2) is 14.0 Å². The van der Waals surface area contributed by atoms with Crippen LogP contribution in [0.3, 0.4) is 0 Å². The van der Waals surface area contributed by atoms with E-state index in [1.165, 1.54) is 23.1 Å². The van der Waals surface area contributed by atoms with Crippen LogP contribution in [0.5, 0.6) is 0 Å². The molecule has 1 aliphatic heterocycles. The third-order valence-electron chi connectivity index (χ3n) is 4.90. The fourth-order valence-electron chi connectivity index (χ4n) is 3.59. The third-order valence-corrected chi connectivity index (χ3v) is 4.90. The molecule has 1 saturated heterocycles. The number of carbonyl (C=O) groups excluding carboxylic acids is 2. The number of amides is 2. The van der Waals surface area contributed by atoms with Gasteiger partial charge in [-0.2, -0.15) is 4.68 Å². The highest BCUT2D eigenvalue weighted by atomic mass is 19.1. The molecule has 1 aliphatic rings. The highest BCUT2D eigenvalue weighted by Crippen LogP contribution is 2.34. The van der Waals surface area contributed by atoms with E-state index >= 15 is 0 Å². The Morgan fingerprint density at radius 2 is 1.90 bits per heavy atom. The normalized spacial score (nSPS) is 16.2. The van der Waals surface area contributed by atoms with Crippen molar-refractivity contribution in [3.63, 3.8) is 0 Å². The van der Waals surface area contributed by atoms with Crippen molar-refractivity contribution in [1.29, 1.82) is 0 Å². The summed E-state index contributed by atoms with van der Waals surface area (Å²) in [7, 11) is 0. The minimum atomic E-state index is -0.811. The second-order valence-corrected chi connectivity index (χ2v) is 6.65. The number of hydrogen-bond acceptors (Lipinski definition) is 5. The van der Waals surface area contributed by atoms with E-state index in [9.17, 15) is 18.8 Å². The summed E-state index contributed by atoms with van der Waals surface area (Å²) in [6.07, 6.45) is 1.30. The second kappa shape index (κ2) is 7.30. The van der Waals surface area contributed by atoms with Crippen molar-refractivity contribution in [1.82, 2.24) is 24.7 Å². The Labute approximate surface area is 164 Å². The summed E-state index contributed by atoms with van der Waals surface area (Å²) < 4.78 is 14.9. The molecule has 0 unspecified atom stereocenters. The molecule has 0 saturated carbocycles. The minimum absolute atomic E-state index is 0.158. The van der Waals surface area contributed by atoms with Gasteiger partial charge in [0.1, 0.15) is 5.82 Å². The van der Waals surface area contributed by atoms with Crippen LogP contribution in [-0.2, 0) is 0 Å². The molecule has 1 aromatic heterocycles. The number of benzene rings is 2. The highest BCUT2D eigenvalue weighted by Gasteiger charge is 2.34. The molecule has 2 amide bonds. The Balaban J connectivity index is 1.69. The van der Waals surface area contributed by atoms with Crippen molar-refractivity contribution in [2.24, 2.45) is 5.73 Å². The molecule has 0 spiro atoms. The zero-order valence-corrected chi connectivity index (χ0v) is 15.2.